The van der Waals surface area contributed by atoms with Gasteiger partial charge in [0, 0.05) is 0 Å². The SMILES string of the molecule is OC[C@H]1OC(n2cnc3c(O)nc(O)nc32)[C@H](O)[C@@H]1O. The maximum absolute atomic E-state index is 9.93. The highest BCUT2D eigenvalue weighted by Gasteiger charge is 2.44. The zero-order valence-electron chi connectivity index (χ0n) is 10.0. The highest BCUT2D eigenvalue weighted by atomic mass is 16.6. The predicted molar refractivity (Wildman–Crippen MR) is 61.7 cm³/mol. The first-order valence-electron chi connectivity index (χ1n) is 5.78. The summed E-state index contributed by atoms with van der Waals surface area (Å²) in [6.07, 6.45) is -3.37. The molecule has 4 atom stereocenters. The molecule has 0 radical (unpaired) electrons. The number of ether oxygens (including phenoxy) is 1. The molecule has 1 aliphatic rings. The van der Waals surface area contributed by atoms with Crippen molar-refractivity contribution >= 4 is 11.2 Å². The maximum atomic E-state index is 9.93. The van der Waals surface area contributed by atoms with Gasteiger partial charge in [0.2, 0.25) is 5.88 Å². The fourth-order valence-electron chi connectivity index (χ4n) is 2.19. The van der Waals surface area contributed by atoms with Gasteiger partial charge in [-0.05, 0) is 0 Å². The van der Waals surface area contributed by atoms with E-state index in [9.17, 15) is 20.4 Å². The van der Waals surface area contributed by atoms with E-state index in [0.717, 1.165) is 0 Å². The molecule has 10 heteroatoms. The lowest BCUT2D eigenvalue weighted by atomic mass is 10.1. The summed E-state index contributed by atoms with van der Waals surface area (Å²) in [5.41, 5.74) is 0.0466. The molecule has 3 rings (SSSR count). The van der Waals surface area contributed by atoms with E-state index in [2.05, 4.69) is 15.0 Å². The van der Waals surface area contributed by atoms with Gasteiger partial charge in [0.1, 0.15) is 18.3 Å². The number of aliphatic hydroxyl groups excluding tert-OH is 3. The van der Waals surface area contributed by atoms with Crippen molar-refractivity contribution in [2.45, 2.75) is 24.5 Å². The summed E-state index contributed by atoms with van der Waals surface area (Å²) in [5.74, 6) is -0.516. The Morgan fingerprint density at radius 3 is 2.60 bits per heavy atom. The number of aromatic nitrogens is 4. The van der Waals surface area contributed by atoms with Crippen molar-refractivity contribution in [1.29, 1.82) is 0 Å². The molecule has 1 unspecified atom stereocenters. The Morgan fingerprint density at radius 2 is 1.95 bits per heavy atom. The predicted octanol–water partition coefficient (Wildman–Crippen LogP) is -2.15. The van der Waals surface area contributed by atoms with Crippen LogP contribution in [0.1, 0.15) is 6.23 Å². The largest absolute Gasteiger partial charge is 0.492 e. The Hall–Kier alpha value is -2.01. The zero-order chi connectivity index (χ0) is 14.4. The van der Waals surface area contributed by atoms with Gasteiger partial charge in [-0.3, -0.25) is 4.57 Å². The van der Waals surface area contributed by atoms with Gasteiger partial charge in [-0.1, -0.05) is 0 Å². The Balaban J connectivity index is 2.07. The van der Waals surface area contributed by atoms with Crippen LogP contribution in [-0.2, 0) is 4.74 Å². The second-order valence-corrected chi connectivity index (χ2v) is 4.40. The number of hydrogen-bond donors (Lipinski definition) is 5. The van der Waals surface area contributed by atoms with Crippen molar-refractivity contribution in [3.05, 3.63) is 6.33 Å². The average molecular weight is 284 g/mol. The standard InChI is InChI=1S/C10H12N4O6/c15-1-3-5(16)6(17)9(20-3)14-2-11-4-7(14)12-10(19)13-8(4)18/h2-3,5-6,9,15-17H,1H2,(H2,12,13,18,19)/t3-,5-,6-,9?/m1/s1. The smallest absolute Gasteiger partial charge is 0.319 e. The molecule has 1 aliphatic heterocycles. The first-order valence-corrected chi connectivity index (χ1v) is 5.78. The Morgan fingerprint density at radius 1 is 1.20 bits per heavy atom. The van der Waals surface area contributed by atoms with E-state index in [0.29, 0.717) is 0 Å². The molecule has 0 aromatic carbocycles. The molecule has 10 nitrogen and oxygen atoms in total. The minimum Gasteiger partial charge on any atom is -0.492 e. The third-order valence-electron chi connectivity index (χ3n) is 3.18. The van der Waals surface area contributed by atoms with E-state index >= 15 is 0 Å². The van der Waals surface area contributed by atoms with Gasteiger partial charge in [0.25, 0.3) is 0 Å². The van der Waals surface area contributed by atoms with Crippen LogP contribution >= 0.6 is 0 Å². The number of hydrogen-bond acceptors (Lipinski definition) is 9. The topological polar surface area (TPSA) is 154 Å². The third kappa shape index (κ3) is 1.78. The van der Waals surface area contributed by atoms with Gasteiger partial charge in [-0.2, -0.15) is 9.97 Å². The Labute approximate surface area is 111 Å². The second kappa shape index (κ2) is 4.52. The molecule has 2 aromatic rings. The van der Waals surface area contributed by atoms with Crippen molar-refractivity contribution in [3.63, 3.8) is 0 Å². The molecule has 0 amide bonds. The minimum absolute atomic E-state index is 0.0144. The van der Waals surface area contributed by atoms with Crippen LogP contribution in [0, 0.1) is 0 Å². The van der Waals surface area contributed by atoms with Crippen molar-refractivity contribution in [1.82, 2.24) is 19.5 Å². The molecule has 2 aromatic heterocycles. The molecule has 1 saturated heterocycles. The number of aliphatic hydroxyl groups is 3. The van der Waals surface area contributed by atoms with Crippen molar-refractivity contribution in [3.8, 4) is 11.9 Å². The quantitative estimate of drug-likeness (QED) is 0.415. The lowest BCUT2D eigenvalue weighted by Gasteiger charge is -2.16. The van der Waals surface area contributed by atoms with Gasteiger partial charge in [-0.15, -0.1) is 0 Å². The van der Waals surface area contributed by atoms with Crippen LogP contribution in [-0.4, -0.2) is 70.0 Å². The van der Waals surface area contributed by atoms with E-state index < -0.39 is 43.0 Å². The molecule has 0 aliphatic carbocycles. The van der Waals surface area contributed by atoms with Gasteiger partial charge in [0.05, 0.1) is 12.9 Å². The molecule has 20 heavy (non-hydrogen) atoms. The van der Waals surface area contributed by atoms with E-state index in [1.807, 2.05) is 0 Å². The molecular formula is C10H12N4O6. The molecule has 5 N–H and O–H groups in total. The number of imidazole rings is 1. The van der Waals surface area contributed by atoms with Crippen LogP contribution in [0.5, 0.6) is 11.9 Å². The summed E-state index contributed by atoms with van der Waals surface area (Å²) >= 11 is 0. The van der Waals surface area contributed by atoms with E-state index in [1.54, 1.807) is 0 Å². The normalized spacial score (nSPS) is 30.1. The van der Waals surface area contributed by atoms with Gasteiger partial charge in [-0.25, -0.2) is 4.98 Å². The van der Waals surface area contributed by atoms with Crippen LogP contribution in [0.2, 0.25) is 0 Å². The molecule has 108 valence electrons. The fourth-order valence-corrected chi connectivity index (χ4v) is 2.19. The lowest BCUT2D eigenvalue weighted by Crippen LogP contribution is -2.33. The van der Waals surface area contributed by atoms with E-state index in [4.69, 9.17) is 9.84 Å². The number of nitrogens with zero attached hydrogens (tertiary/aromatic N) is 4. The van der Waals surface area contributed by atoms with Crippen LogP contribution in [0.15, 0.2) is 6.33 Å². The van der Waals surface area contributed by atoms with Crippen LogP contribution in [0.4, 0.5) is 0 Å². The van der Waals surface area contributed by atoms with Crippen LogP contribution in [0.25, 0.3) is 11.2 Å². The summed E-state index contributed by atoms with van der Waals surface area (Å²) in [4.78, 5) is 10.9. The van der Waals surface area contributed by atoms with Gasteiger partial charge < -0.3 is 30.3 Å². The highest BCUT2D eigenvalue weighted by molar-refractivity contribution is 5.76. The highest BCUT2D eigenvalue weighted by Crippen LogP contribution is 2.32. The van der Waals surface area contributed by atoms with Gasteiger partial charge in [0.15, 0.2) is 17.4 Å². The van der Waals surface area contributed by atoms with Crippen molar-refractivity contribution < 1.29 is 30.3 Å². The number of fused-ring (bicyclic) bond motifs is 1. The van der Waals surface area contributed by atoms with Crippen molar-refractivity contribution in [2.24, 2.45) is 0 Å². The third-order valence-corrected chi connectivity index (χ3v) is 3.18. The first kappa shape index (κ1) is 13.0. The summed E-state index contributed by atoms with van der Waals surface area (Å²) < 4.78 is 6.55. The minimum atomic E-state index is -1.32. The fraction of sp³-hybridized carbons (Fsp3) is 0.500. The Bertz CT molecular complexity index is 646. The summed E-state index contributed by atoms with van der Waals surface area (Å²) in [6, 6.07) is -0.663. The number of rotatable bonds is 2. The summed E-state index contributed by atoms with van der Waals surface area (Å²) in [7, 11) is 0. The first-order chi connectivity index (χ1) is 9.52. The average Bonchev–Trinajstić information content (AvgIpc) is 2.93. The molecule has 3 heterocycles. The molecule has 1 fully saturated rings. The van der Waals surface area contributed by atoms with Crippen molar-refractivity contribution in [2.75, 3.05) is 6.61 Å². The Kier molecular flexibility index (Phi) is 2.94. The number of aromatic hydroxyl groups is 2. The summed E-state index contributed by atoms with van der Waals surface area (Å²) in [6.45, 7) is -0.465. The van der Waals surface area contributed by atoms with Crippen LogP contribution < -0.4 is 0 Å². The maximum Gasteiger partial charge on any atom is 0.319 e. The van der Waals surface area contributed by atoms with E-state index in [-0.39, 0.29) is 11.2 Å². The zero-order valence-corrected chi connectivity index (χ0v) is 10.0. The second-order valence-electron chi connectivity index (χ2n) is 4.40. The van der Waals surface area contributed by atoms with Gasteiger partial charge >= 0.3 is 6.01 Å². The van der Waals surface area contributed by atoms with E-state index in [1.165, 1.54) is 10.9 Å². The summed E-state index contributed by atoms with van der Waals surface area (Å²) in [5, 5.41) is 47.5. The van der Waals surface area contributed by atoms with Crippen LogP contribution in [0.3, 0.4) is 0 Å². The molecule has 0 spiro atoms. The lowest BCUT2D eigenvalue weighted by molar-refractivity contribution is -0.0511. The molecule has 0 saturated carbocycles. The molecule has 0 bridgehead atoms. The monoisotopic (exact) mass is 284 g/mol. The molecular weight excluding hydrogens is 272 g/mol.